The molecule has 1 aliphatic rings. The van der Waals surface area contributed by atoms with Crippen molar-refractivity contribution in [2.24, 2.45) is 0 Å². The Kier molecular flexibility index (Phi) is 3.56. The number of hydrogen-bond donors (Lipinski definition) is 2. The van der Waals surface area contributed by atoms with Crippen LogP contribution in [0.3, 0.4) is 0 Å². The van der Waals surface area contributed by atoms with Crippen LogP contribution in [0.2, 0.25) is 0 Å². The topological polar surface area (TPSA) is 62.4 Å². The Morgan fingerprint density at radius 2 is 2.05 bits per heavy atom. The number of nitrogens with zero attached hydrogens (tertiary/aromatic N) is 2. The lowest BCUT2D eigenvalue weighted by atomic mass is 10.1. The largest absolute Gasteiger partial charge is 0.506 e. The van der Waals surface area contributed by atoms with Crippen molar-refractivity contribution in [1.82, 2.24) is 9.88 Å². The summed E-state index contributed by atoms with van der Waals surface area (Å²) in [5.41, 5.74) is 8.67. The molecule has 4 nitrogen and oxygen atoms in total. The number of phenolic OH excluding ortho intramolecular Hbond substituents is 1. The van der Waals surface area contributed by atoms with Crippen LogP contribution in [0.25, 0.3) is 0 Å². The second-order valence-electron chi connectivity index (χ2n) is 5.30. The molecule has 0 aliphatic carbocycles. The number of rotatable bonds is 3. The predicted molar refractivity (Wildman–Crippen MR) is 79.1 cm³/mol. The first-order valence-electron chi connectivity index (χ1n) is 6.95. The summed E-state index contributed by atoms with van der Waals surface area (Å²) in [4.78, 5) is 6.54. The molecule has 0 amide bonds. The van der Waals surface area contributed by atoms with Gasteiger partial charge in [-0.05, 0) is 54.8 Å². The highest BCUT2D eigenvalue weighted by Crippen LogP contribution is 2.33. The Morgan fingerprint density at radius 1 is 1.25 bits per heavy atom. The number of benzene rings is 1. The SMILES string of the molecule is Nc1cc(CN2CCCC2c2ccncc2)ccc1O. The third-order valence-corrected chi connectivity index (χ3v) is 3.93. The van der Waals surface area contributed by atoms with Gasteiger partial charge < -0.3 is 10.8 Å². The Bertz CT molecular complexity index is 586. The van der Waals surface area contributed by atoms with E-state index in [-0.39, 0.29) is 5.75 Å². The summed E-state index contributed by atoms with van der Waals surface area (Å²) >= 11 is 0. The molecule has 104 valence electrons. The molecule has 3 rings (SSSR count). The number of anilines is 1. The Hall–Kier alpha value is -2.07. The van der Waals surface area contributed by atoms with Crippen molar-refractivity contribution in [3.05, 3.63) is 53.9 Å². The van der Waals surface area contributed by atoms with Gasteiger partial charge in [0.2, 0.25) is 0 Å². The summed E-state index contributed by atoms with van der Waals surface area (Å²) in [5.74, 6) is 0.154. The first-order valence-corrected chi connectivity index (χ1v) is 6.95. The monoisotopic (exact) mass is 269 g/mol. The van der Waals surface area contributed by atoms with Crippen LogP contribution in [0.1, 0.15) is 30.0 Å². The van der Waals surface area contributed by atoms with Gasteiger partial charge in [-0.25, -0.2) is 0 Å². The van der Waals surface area contributed by atoms with E-state index in [0.717, 1.165) is 18.7 Å². The molecule has 1 unspecified atom stereocenters. The fourth-order valence-corrected chi connectivity index (χ4v) is 2.92. The van der Waals surface area contributed by atoms with Crippen LogP contribution in [0.5, 0.6) is 5.75 Å². The van der Waals surface area contributed by atoms with Crippen molar-refractivity contribution in [2.45, 2.75) is 25.4 Å². The number of phenols is 1. The van der Waals surface area contributed by atoms with Crippen molar-refractivity contribution < 1.29 is 5.11 Å². The number of hydrogen-bond acceptors (Lipinski definition) is 4. The molecule has 3 N–H and O–H groups in total. The number of nitrogen functional groups attached to an aromatic ring is 1. The number of aromatic hydroxyl groups is 1. The fraction of sp³-hybridized carbons (Fsp3) is 0.312. The predicted octanol–water partition coefficient (Wildman–Crippen LogP) is 2.71. The van der Waals surface area contributed by atoms with Gasteiger partial charge in [0.15, 0.2) is 0 Å². The zero-order valence-electron chi connectivity index (χ0n) is 11.4. The Balaban J connectivity index is 1.77. The first-order chi connectivity index (χ1) is 9.74. The van der Waals surface area contributed by atoms with E-state index >= 15 is 0 Å². The average molecular weight is 269 g/mol. The molecule has 1 fully saturated rings. The van der Waals surface area contributed by atoms with Crippen LogP contribution in [0.15, 0.2) is 42.7 Å². The molecule has 2 heterocycles. The van der Waals surface area contributed by atoms with E-state index in [4.69, 9.17) is 5.73 Å². The molecule has 20 heavy (non-hydrogen) atoms. The highest BCUT2D eigenvalue weighted by atomic mass is 16.3. The minimum atomic E-state index is 0.154. The van der Waals surface area contributed by atoms with Crippen LogP contribution in [-0.2, 0) is 6.54 Å². The number of likely N-dealkylation sites (tertiary alicyclic amines) is 1. The van der Waals surface area contributed by atoms with Crippen molar-refractivity contribution in [3.8, 4) is 5.75 Å². The average Bonchev–Trinajstić information content (AvgIpc) is 2.92. The van der Waals surface area contributed by atoms with E-state index in [1.54, 1.807) is 6.07 Å². The van der Waals surface area contributed by atoms with E-state index in [1.807, 2.05) is 24.5 Å². The summed E-state index contributed by atoms with van der Waals surface area (Å²) in [6.07, 6.45) is 6.09. The quantitative estimate of drug-likeness (QED) is 0.664. The molecule has 2 aromatic rings. The molecule has 0 saturated carbocycles. The summed E-state index contributed by atoms with van der Waals surface area (Å²) in [7, 11) is 0. The Labute approximate surface area is 118 Å². The molecule has 0 spiro atoms. The molecule has 0 radical (unpaired) electrons. The van der Waals surface area contributed by atoms with Crippen molar-refractivity contribution in [2.75, 3.05) is 12.3 Å². The lowest BCUT2D eigenvalue weighted by Crippen LogP contribution is -2.22. The van der Waals surface area contributed by atoms with E-state index in [0.29, 0.717) is 11.7 Å². The third-order valence-electron chi connectivity index (χ3n) is 3.93. The molecule has 1 aliphatic heterocycles. The van der Waals surface area contributed by atoms with Crippen LogP contribution in [0.4, 0.5) is 5.69 Å². The van der Waals surface area contributed by atoms with Crippen LogP contribution in [0, 0.1) is 0 Å². The van der Waals surface area contributed by atoms with Gasteiger partial charge in [-0.2, -0.15) is 0 Å². The van der Waals surface area contributed by atoms with Gasteiger partial charge in [0.05, 0.1) is 5.69 Å². The van der Waals surface area contributed by atoms with E-state index in [2.05, 4.69) is 22.0 Å². The highest BCUT2D eigenvalue weighted by Gasteiger charge is 2.25. The maximum Gasteiger partial charge on any atom is 0.138 e. The van der Waals surface area contributed by atoms with Gasteiger partial charge >= 0.3 is 0 Å². The van der Waals surface area contributed by atoms with Gasteiger partial charge in [-0.15, -0.1) is 0 Å². The highest BCUT2D eigenvalue weighted by molar-refractivity contribution is 5.53. The number of pyridine rings is 1. The van der Waals surface area contributed by atoms with Crippen LogP contribution in [-0.4, -0.2) is 21.5 Å². The molecule has 1 aromatic heterocycles. The second kappa shape index (κ2) is 5.51. The van der Waals surface area contributed by atoms with Gasteiger partial charge in [-0.1, -0.05) is 6.07 Å². The summed E-state index contributed by atoms with van der Waals surface area (Å²) in [6.45, 7) is 1.95. The summed E-state index contributed by atoms with van der Waals surface area (Å²) < 4.78 is 0. The first kappa shape index (κ1) is 12.9. The maximum atomic E-state index is 9.49. The zero-order chi connectivity index (χ0) is 13.9. The lowest BCUT2D eigenvalue weighted by molar-refractivity contribution is 0.248. The van der Waals surface area contributed by atoms with Crippen LogP contribution >= 0.6 is 0 Å². The minimum absolute atomic E-state index is 0.154. The summed E-state index contributed by atoms with van der Waals surface area (Å²) in [6, 6.07) is 10.1. The fourth-order valence-electron chi connectivity index (χ4n) is 2.92. The molecule has 4 heteroatoms. The van der Waals surface area contributed by atoms with E-state index < -0.39 is 0 Å². The van der Waals surface area contributed by atoms with E-state index in [1.165, 1.54) is 18.4 Å². The van der Waals surface area contributed by atoms with Gasteiger partial charge in [0.1, 0.15) is 5.75 Å². The molecule has 1 aromatic carbocycles. The zero-order valence-corrected chi connectivity index (χ0v) is 11.4. The van der Waals surface area contributed by atoms with Crippen molar-refractivity contribution in [1.29, 1.82) is 0 Å². The lowest BCUT2D eigenvalue weighted by Gasteiger charge is -2.25. The molecular formula is C16H19N3O. The maximum absolute atomic E-state index is 9.49. The van der Waals surface area contributed by atoms with Crippen LogP contribution < -0.4 is 5.73 Å². The standard InChI is InChI=1S/C16H19N3O/c17-14-10-12(3-4-16(14)20)11-19-9-1-2-15(19)13-5-7-18-8-6-13/h3-8,10,15,20H,1-2,9,11,17H2. The number of aromatic nitrogens is 1. The van der Waals surface area contributed by atoms with Crippen molar-refractivity contribution >= 4 is 5.69 Å². The normalized spacial score (nSPS) is 19.3. The molecule has 0 bridgehead atoms. The van der Waals surface area contributed by atoms with Crippen molar-refractivity contribution in [3.63, 3.8) is 0 Å². The summed E-state index contributed by atoms with van der Waals surface area (Å²) in [5, 5.41) is 9.49. The minimum Gasteiger partial charge on any atom is -0.506 e. The third kappa shape index (κ3) is 2.60. The Morgan fingerprint density at radius 3 is 2.80 bits per heavy atom. The molecule has 1 saturated heterocycles. The smallest absolute Gasteiger partial charge is 0.138 e. The molecular weight excluding hydrogens is 250 g/mol. The van der Waals surface area contributed by atoms with E-state index in [9.17, 15) is 5.11 Å². The molecule has 1 atom stereocenters. The van der Waals surface area contributed by atoms with Gasteiger partial charge in [0.25, 0.3) is 0 Å². The van der Waals surface area contributed by atoms with Gasteiger partial charge in [0, 0.05) is 25.0 Å². The second-order valence-corrected chi connectivity index (χ2v) is 5.30. The number of nitrogens with two attached hydrogens (primary N) is 1. The van der Waals surface area contributed by atoms with Gasteiger partial charge in [-0.3, -0.25) is 9.88 Å².